The average Bonchev–Trinajstić information content (AvgIpc) is 3.21. The summed E-state index contributed by atoms with van der Waals surface area (Å²) in [7, 11) is 3.00. The number of hydrogen-bond donors (Lipinski definition) is 1. The lowest BCUT2D eigenvalue weighted by Crippen LogP contribution is -2.21. The smallest absolute Gasteiger partial charge is 0.322 e. The Morgan fingerprint density at radius 1 is 1.11 bits per heavy atom. The normalized spacial score (nSPS) is 15.0. The molecule has 1 amide bonds. The van der Waals surface area contributed by atoms with Crippen LogP contribution >= 0.6 is 0 Å². The van der Waals surface area contributed by atoms with Crippen molar-refractivity contribution in [2.24, 2.45) is 0 Å². The van der Waals surface area contributed by atoms with Gasteiger partial charge in [-0.15, -0.1) is 5.10 Å². The van der Waals surface area contributed by atoms with Crippen molar-refractivity contribution in [3.8, 4) is 23.0 Å². The van der Waals surface area contributed by atoms with Gasteiger partial charge in [0.05, 0.1) is 19.8 Å². The van der Waals surface area contributed by atoms with E-state index in [4.69, 9.17) is 23.4 Å². The molecule has 9 nitrogen and oxygen atoms in total. The molecule has 9 heteroatoms. The van der Waals surface area contributed by atoms with E-state index < -0.39 is 12.0 Å². The van der Waals surface area contributed by atoms with Crippen molar-refractivity contribution in [1.29, 1.82) is 0 Å². The zero-order valence-corrected chi connectivity index (χ0v) is 15.2. The predicted molar refractivity (Wildman–Crippen MR) is 97.1 cm³/mol. The van der Waals surface area contributed by atoms with Gasteiger partial charge in [0.25, 0.3) is 11.8 Å². The number of amides is 1. The predicted octanol–water partition coefficient (Wildman–Crippen LogP) is 2.85. The Balaban J connectivity index is 1.48. The second-order valence-corrected chi connectivity index (χ2v) is 5.83. The zero-order chi connectivity index (χ0) is 19.5. The highest BCUT2D eigenvalue weighted by atomic mass is 16.6. The van der Waals surface area contributed by atoms with Gasteiger partial charge in [0.1, 0.15) is 18.1 Å². The van der Waals surface area contributed by atoms with Crippen molar-refractivity contribution in [2.75, 3.05) is 26.1 Å². The summed E-state index contributed by atoms with van der Waals surface area (Å²) < 4.78 is 27.3. The number of carbonyl (C=O) groups excluding carboxylic acids is 1. The average molecular weight is 383 g/mol. The van der Waals surface area contributed by atoms with Crippen LogP contribution in [0, 0.1) is 0 Å². The Bertz CT molecular complexity index is 1000. The van der Waals surface area contributed by atoms with Crippen LogP contribution in [-0.2, 0) is 0 Å². The van der Waals surface area contributed by atoms with Crippen LogP contribution in [0.1, 0.15) is 22.4 Å². The number of rotatable bonds is 5. The standard InChI is InChI=1S/C19H17N3O6/c1-24-11-7-8-12(15(9-11)25-2)17(23)20-19-22-21-18(28-19)16-10-26-13-5-3-4-6-14(13)27-16/h3-9,16H,10H2,1-2H3,(H,20,22,23)/t16-/m1/s1. The van der Waals surface area contributed by atoms with Gasteiger partial charge in [-0.05, 0) is 24.3 Å². The van der Waals surface area contributed by atoms with Crippen LogP contribution in [-0.4, -0.2) is 36.9 Å². The summed E-state index contributed by atoms with van der Waals surface area (Å²) in [5.74, 6) is 1.91. The molecule has 4 rings (SSSR count). The zero-order valence-electron chi connectivity index (χ0n) is 15.2. The Labute approximate surface area is 160 Å². The van der Waals surface area contributed by atoms with Crippen molar-refractivity contribution >= 4 is 11.9 Å². The van der Waals surface area contributed by atoms with E-state index in [9.17, 15) is 4.79 Å². The molecule has 2 aromatic carbocycles. The van der Waals surface area contributed by atoms with Crippen LogP contribution in [0.3, 0.4) is 0 Å². The van der Waals surface area contributed by atoms with Gasteiger partial charge in [0, 0.05) is 6.07 Å². The SMILES string of the molecule is COc1ccc(C(=O)Nc2nnc([C@H]3COc4ccccc4O3)o2)c(OC)c1. The fraction of sp³-hybridized carbons (Fsp3) is 0.211. The van der Waals surface area contributed by atoms with Crippen LogP contribution in [0.5, 0.6) is 23.0 Å². The lowest BCUT2D eigenvalue weighted by atomic mass is 10.2. The second-order valence-electron chi connectivity index (χ2n) is 5.83. The van der Waals surface area contributed by atoms with E-state index in [1.54, 1.807) is 24.3 Å². The van der Waals surface area contributed by atoms with E-state index in [-0.39, 0.29) is 18.5 Å². The van der Waals surface area contributed by atoms with Crippen LogP contribution < -0.4 is 24.3 Å². The molecule has 0 fully saturated rings. The minimum absolute atomic E-state index is 0.0553. The van der Waals surface area contributed by atoms with Gasteiger partial charge >= 0.3 is 6.01 Å². The van der Waals surface area contributed by atoms with Crippen molar-refractivity contribution < 1.29 is 28.2 Å². The van der Waals surface area contributed by atoms with E-state index >= 15 is 0 Å². The maximum absolute atomic E-state index is 12.5. The first kappa shape index (κ1) is 17.7. The summed E-state index contributed by atoms with van der Waals surface area (Å²) in [5.41, 5.74) is 0.300. The lowest BCUT2D eigenvalue weighted by Gasteiger charge is -2.23. The molecular formula is C19H17N3O6. The highest BCUT2D eigenvalue weighted by Crippen LogP contribution is 2.35. The third-order valence-corrected chi connectivity index (χ3v) is 4.10. The van der Waals surface area contributed by atoms with Gasteiger partial charge in [0.2, 0.25) is 6.10 Å². The number of hydrogen-bond acceptors (Lipinski definition) is 8. The third-order valence-electron chi connectivity index (χ3n) is 4.10. The first-order chi connectivity index (χ1) is 13.7. The fourth-order valence-electron chi connectivity index (χ4n) is 2.71. The molecule has 1 aliphatic rings. The molecule has 2 heterocycles. The highest BCUT2D eigenvalue weighted by molar-refractivity contribution is 6.05. The molecule has 1 aromatic heterocycles. The fourth-order valence-corrected chi connectivity index (χ4v) is 2.71. The summed E-state index contributed by atoms with van der Waals surface area (Å²) in [6.07, 6.45) is -0.566. The summed E-state index contributed by atoms with van der Waals surface area (Å²) >= 11 is 0. The van der Waals surface area contributed by atoms with E-state index in [2.05, 4.69) is 15.5 Å². The topological polar surface area (TPSA) is 105 Å². The van der Waals surface area contributed by atoms with Crippen LogP contribution in [0.4, 0.5) is 6.01 Å². The maximum Gasteiger partial charge on any atom is 0.322 e. The first-order valence-electron chi connectivity index (χ1n) is 8.43. The molecule has 28 heavy (non-hydrogen) atoms. The summed E-state index contributed by atoms with van der Waals surface area (Å²) in [6.45, 7) is 0.221. The Hall–Kier alpha value is -3.75. The van der Waals surface area contributed by atoms with E-state index in [1.807, 2.05) is 18.2 Å². The molecule has 0 aliphatic carbocycles. The van der Waals surface area contributed by atoms with Gasteiger partial charge in [-0.1, -0.05) is 17.2 Å². The molecule has 1 N–H and O–H groups in total. The van der Waals surface area contributed by atoms with Crippen molar-refractivity contribution in [3.63, 3.8) is 0 Å². The summed E-state index contributed by atoms with van der Waals surface area (Å²) in [6, 6.07) is 12.1. The highest BCUT2D eigenvalue weighted by Gasteiger charge is 2.27. The van der Waals surface area contributed by atoms with Crippen LogP contribution in [0.2, 0.25) is 0 Å². The Morgan fingerprint density at radius 2 is 1.93 bits per heavy atom. The molecule has 0 spiro atoms. The van der Waals surface area contributed by atoms with Crippen molar-refractivity contribution in [3.05, 3.63) is 53.9 Å². The van der Waals surface area contributed by atoms with Crippen LogP contribution in [0.25, 0.3) is 0 Å². The summed E-state index contributed by atoms with van der Waals surface area (Å²) in [4.78, 5) is 12.5. The number of nitrogens with one attached hydrogen (secondary N) is 1. The monoisotopic (exact) mass is 383 g/mol. The number of ether oxygens (including phenoxy) is 4. The minimum Gasteiger partial charge on any atom is -0.497 e. The minimum atomic E-state index is -0.566. The molecule has 1 aliphatic heterocycles. The largest absolute Gasteiger partial charge is 0.497 e. The second kappa shape index (κ2) is 7.47. The maximum atomic E-state index is 12.5. The van der Waals surface area contributed by atoms with E-state index in [1.165, 1.54) is 14.2 Å². The van der Waals surface area contributed by atoms with Gasteiger partial charge < -0.3 is 23.4 Å². The van der Waals surface area contributed by atoms with Gasteiger partial charge in [-0.25, -0.2) is 0 Å². The van der Waals surface area contributed by atoms with Gasteiger partial charge in [0.15, 0.2) is 11.5 Å². The molecule has 0 unspecified atom stereocenters. The van der Waals surface area contributed by atoms with E-state index in [0.717, 1.165) is 0 Å². The Morgan fingerprint density at radius 3 is 2.71 bits per heavy atom. The number of methoxy groups -OCH3 is 2. The lowest BCUT2D eigenvalue weighted by molar-refractivity contribution is 0.0716. The molecule has 144 valence electrons. The molecule has 3 aromatic rings. The number of nitrogens with zero attached hydrogens (tertiary/aromatic N) is 2. The molecule has 0 saturated heterocycles. The molecule has 1 atom stereocenters. The van der Waals surface area contributed by atoms with Crippen molar-refractivity contribution in [2.45, 2.75) is 6.10 Å². The van der Waals surface area contributed by atoms with Gasteiger partial charge in [-0.3, -0.25) is 10.1 Å². The van der Waals surface area contributed by atoms with Crippen LogP contribution in [0.15, 0.2) is 46.9 Å². The molecule has 0 saturated carbocycles. The number of benzene rings is 2. The number of anilines is 1. The number of para-hydroxylation sites is 2. The number of fused-ring (bicyclic) bond motifs is 1. The van der Waals surface area contributed by atoms with Gasteiger partial charge in [-0.2, -0.15) is 0 Å². The Kier molecular flexibility index (Phi) is 4.71. The first-order valence-corrected chi connectivity index (χ1v) is 8.43. The number of aromatic nitrogens is 2. The molecule has 0 radical (unpaired) electrons. The summed E-state index contributed by atoms with van der Waals surface area (Å²) in [5, 5.41) is 10.3. The molecular weight excluding hydrogens is 366 g/mol. The van der Waals surface area contributed by atoms with Crippen molar-refractivity contribution in [1.82, 2.24) is 10.2 Å². The third kappa shape index (κ3) is 3.41. The quantitative estimate of drug-likeness (QED) is 0.717. The number of carbonyl (C=O) groups is 1. The molecule has 0 bridgehead atoms. The van der Waals surface area contributed by atoms with E-state index in [0.29, 0.717) is 28.6 Å².